The van der Waals surface area contributed by atoms with Crippen molar-refractivity contribution in [3.63, 3.8) is 0 Å². The maximum atomic E-state index is 13.1. The zero-order valence-electron chi connectivity index (χ0n) is 16.2. The molecule has 2 atom stereocenters. The summed E-state index contributed by atoms with van der Waals surface area (Å²) in [5.74, 6) is 0.0205. The zero-order chi connectivity index (χ0) is 20.6. The number of benzene rings is 2. The molecule has 0 N–H and O–H groups in total. The summed E-state index contributed by atoms with van der Waals surface area (Å²) in [4.78, 5) is 14.8. The van der Waals surface area contributed by atoms with Crippen molar-refractivity contribution in [1.82, 2.24) is 0 Å². The molecule has 0 unspecified atom stereocenters. The van der Waals surface area contributed by atoms with Gasteiger partial charge in [0.05, 0.1) is 24.2 Å². The first kappa shape index (κ1) is 19.3. The maximum Gasteiger partial charge on any atom is 0.294 e. The predicted octanol–water partition coefficient (Wildman–Crippen LogP) is 4.23. The van der Waals surface area contributed by atoms with E-state index >= 15 is 0 Å². The molecular weight excluding hydrogens is 388 g/mol. The Hall–Kier alpha value is -3.06. The number of fused-ring (bicyclic) bond motifs is 1. The molecule has 1 aliphatic heterocycles. The summed E-state index contributed by atoms with van der Waals surface area (Å²) in [6, 6.07) is 19.2. The van der Waals surface area contributed by atoms with Crippen molar-refractivity contribution in [2.75, 3.05) is 15.5 Å². The number of carbonyl (C=O) groups excluding carboxylic acids is 1. The maximum absolute atomic E-state index is 13.1. The molecule has 3 aromatic rings. The van der Waals surface area contributed by atoms with Gasteiger partial charge < -0.3 is 9.32 Å². The molecule has 29 heavy (non-hydrogen) atoms. The molecule has 0 saturated carbocycles. The lowest BCUT2D eigenvalue weighted by Crippen LogP contribution is -2.47. The third kappa shape index (κ3) is 3.53. The fourth-order valence-electron chi connectivity index (χ4n) is 4.01. The van der Waals surface area contributed by atoms with Gasteiger partial charge in [-0.15, -0.1) is 0 Å². The summed E-state index contributed by atoms with van der Waals surface area (Å²) < 4.78 is 32.3. The van der Waals surface area contributed by atoms with Gasteiger partial charge in [-0.25, -0.2) is 8.42 Å². The molecule has 4 rings (SSSR count). The fraction of sp³-hybridized carbons (Fsp3) is 0.227. The minimum atomic E-state index is -3.55. The number of furan rings is 1. The summed E-state index contributed by atoms with van der Waals surface area (Å²) in [5, 5.41) is 0. The molecule has 6 nitrogen and oxygen atoms in total. The van der Waals surface area contributed by atoms with E-state index in [0.29, 0.717) is 17.8 Å². The van der Waals surface area contributed by atoms with Crippen molar-refractivity contribution in [2.24, 2.45) is 0 Å². The standard InChI is InChI=1S/C22H22N2O4S/c1-16-15-20(24(29(2,26)27)17-9-4-3-5-10-17)18-11-6-7-12-19(18)23(16)22(25)21-13-8-14-28-21/h3-14,16,20H,15H2,1-2H3/t16-,20+/m1/s1. The second-order valence-corrected chi connectivity index (χ2v) is 9.07. The van der Waals surface area contributed by atoms with Crippen LogP contribution in [0.4, 0.5) is 11.4 Å². The molecule has 0 bridgehead atoms. The number of para-hydroxylation sites is 2. The monoisotopic (exact) mass is 410 g/mol. The molecule has 7 heteroatoms. The van der Waals surface area contributed by atoms with E-state index in [9.17, 15) is 13.2 Å². The summed E-state index contributed by atoms with van der Waals surface area (Å²) >= 11 is 0. The SMILES string of the molecule is C[C@@H]1C[C@H](N(c2ccccc2)S(C)(=O)=O)c2ccccc2N1C(=O)c1ccco1. The van der Waals surface area contributed by atoms with Crippen LogP contribution < -0.4 is 9.21 Å². The molecule has 1 aliphatic rings. The molecule has 1 aromatic heterocycles. The molecular formula is C22H22N2O4S. The average Bonchev–Trinajstić information content (AvgIpc) is 3.22. The second-order valence-electron chi connectivity index (χ2n) is 7.21. The Balaban J connectivity index is 1.83. The van der Waals surface area contributed by atoms with Crippen molar-refractivity contribution in [1.29, 1.82) is 0 Å². The first-order valence-corrected chi connectivity index (χ1v) is 11.2. The first-order chi connectivity index (χ1) is 13.9. The minimum Gasteiger partial charge on any atom is -0.459 e. The Labute approximate surface area is 170 Å². The van der Waals surface area contributed by atoms with Crippen LogP contribution in [-0.2, 0) is 10.0 Å². The fourth-order valence-corrected chi connectivity index (χ4v) is 5.18. The number of sulfonamides is 1. The van der Waals surface area contributed by atoms with Gasteiger partial charge in [0.2, 0.25) is 10.0 Å². The third-order valence-corrected chi connectivity index (χ3v) is 6.34. The number of hydrogen-bond acceptors (Lipinski definition) is 4. The number of nitrogens with zero attached hydrogens (tertiary/aromatic N) is 2. The first-order valence-electron chi connectivity index (χ1n) is 9.38. The quantitative estimate of drug-likeness (QED) is 0.645. The van der Waals surface area contributed by atoms with Crippen molar-refractivity contribution >= 4 is 27.3 Å². The summed E-state index contributed by atoms with van der Waals surface area (Å²) in [5.41, 5.74) is 2.09. The third-order valence-electron chi connectivity index (χ3n) is 5.16. The lowest BCUT2D eigenvalue weighted by molar-refractivity contribution is 0.0947. The number of hydrogen-bond donors (Lipinski definition) is 0. The normalized spacial score (nSPS) is 18.9. The molecule has 0 radical (unpaired) electrons. The van der Waals surface area contributed by atoms with Gasteiger partial charge in [0.1, 0.15) is 0 Å². The van der Waals surface area contributed by atoms with E-state index in [1.807, 2.05) is 49.4 Å². The predicted molar refractivity (Wildman–Crippen MR) is 113 cm³/mol. The molecule has 0 saturated heterocycles. The van der Waals surface area contributed by atoms with E-state index in [1.54, 1.807) is 29.2 Å². The highest BCUT2D eigenvalue weighted by molar-refractivity contribution is 7.92. The van der Waals surface area contributed by atoms with E-state index in [-0.39, 0.29) is 17.7 Å². The Morgan fingerprint density at radius 3 is 2.38 bits per heavy atom. The van der Waals surface area contributed by atoms with Gasteiger partial charge in [-0.2, -0.15) is 0 Å². The lowest BCUT2D eigenvalue weighted by Gasteiger charge is -2.43. The van der Waals surface area contributed by atoms with Crippen molar-refractivity contribution in [3.05, 3.63) is 84.3 Å². The molecule has 0 aliphatic carbocycles. The second kappa shape index (κ2) is 7.40. The van der Waals surface area contributed by atoms with Gasteiger partial charge in [-0.05, 0) is 49.2 Å². The van der Waals surface area contributed by atoms with Crippen LogP contribution in [-0.4, -0.2) is 26.6 Å². The number of carbonyl (C=O) groups is 1. The number of anilines is 2. The van der Waals surface area contributed by atoms with Crippen LogP contribution in [0.3, 0.4) is 0 Å². The molecule has 1 amide bonds. The topological polar surface area (TPSA) is 70.8 Å². The minimum absolute atomic E-state index is 0.222. The van der Waals surface area contributed by atoms with Gasteiger partial charge in [0.15, 0.2) is 5.76 Å². The van der Waals surface area contributed by atoms with Crippen LogP contribution in [0.5, 0.6) is 0 Å². The Bertz CT molecular complexity index is 1110. The smallest absolute Gasteiger partial charge is 0.294 e. The van der Waals surface area contributed by atoms with Crippen LogP contribution in [0, 0.1) is 0 Å². The van der Waals surface area contributed by atoms with Crippen molar-refractivity contribution in [3.8, 4) is 0 Å². The van der Waals surface area contributed by atoms with Crippen molar-refractivity contribution < 1.29 is 17.6 Å². The van der Waals surface area contributed by atoms with E-state index < -0.39 is 16.1 Å². The van der Waals surface area contributed by atoms with Gasteiger partial charge in [0, 0.05) is 11.7 Å². The van der Waals surface area contributed by atoms with E-state index in [1.165, 1.54) is 16.8 Å². The van der Waals surface area contributed by atoms with Crippen LogP contribution >= 0.6 is 0 Å². The Morgan fingerprint density at radius 2 is 1.72 bits per heavy atom. The van der Waals surface area contributed by atoms with Crippen LogP contribution in [0.25, 0.3) is 0 Å². The van der Waals surface area contributed by atoms with Gasteiger partial charge in [-0.3, -0.25) is 9.10 Å². The van der Waals surface area contributed by atoms with Crippen molar-refractivity contribution in [2.45, 2.75) is 25.4 Å². The number of rotatable bonds is 4. The Morgan fingerprint density at radius 1 is 1.03 bits per heavy atom. The van der Waals surface area contributed by atoms with Crippen LogP contribution in [0.1, 0.15) is 35.5 Å². The highest BCUT2D eigenvalue weighted by Gasteiger charge is 2.40. The van der Waals surface area contributed by atoms with Crippen LogP contribution in [0.15, 0.2) is 77.4 Å². The zero-order valence-corrected chi connectivity index (χ0v) is 17.0. The Kier molecular flexibility index (Phi) is 4.92. The summed E-state index contributed by atoms with van der Waals surface area (Å²) in [7, 11) is -3.55. The summed E-state index contributed by atoms with van der Waals surface area (Å²) in [6.45, 7) is 1.93. The average molecular weight is 410 g/mol. The molecule has 150 valence electrons. The van der Waals surface area contributed by atoms with Gasteiger partial charge in [-0.1, -0.05) is 36.4 Å². The number of amides is 1. The molecule has 0 spiro atoms. The molecule has 2 heterocycles. The van der Waals surface area contributed by atoms with E-state index in [2.05, 4.69) is 0 Å². The van der Waals surface area contributed by atoms with Crippen LogP contribution in [0.2, 0.25) is 0 Å². The van der Waals surface area contributed by atoms with Gasteiger partial charge in [0.25, 0.3) is 5.91 Å². The largest absolute Gasteiger partial charge is 0.459 e. The molecule has 0 fully saturated rings. The molecule has 2 aromatic carbocycles. The highest BCUT2D eigenvalue weighted by Crippen LogP contribution is 2.43. The van der Waals surface area contributed by atoms with E-state index in [4.69, 9.17) is 4.42 Å². The summed E-state index contributed by atoms with van der Waals surface area (Å²) in [6.07, 6.45) is 3.15. The highest BCUT2D eigenvalue weighted by atomic mass is 32.2. The van der Waals surface area contributed by atoms with E-state index in [0.717, 1.165) is 5.56 Å². The lowest BCUT2D eigenvalue weighted by atomic mass is 9.91. The van der Waals surface area contributed by atoms with Gasteiger partial charge >= 0.3 is 0 Å².